The summed E-state index contributed by atoms with van der Waals surface area (Å²) in [5.74, 6) is 0.859. The molecule has 4 bridgehead atoms. The molecular formula is C31H29FN4O6S. The lowest BCUT2D eigenvalue weighted by Crippen LogP contribution is -2.45. The van der Waals surface area contributed by atoms with Gasteiger partial charge in [-0.05, 0) is 48.5 Å². The molecule has 3 aliphatic heterocycles. The van der Waals surface area contributed by atoms with Crippen molar-refractivity contribution in [1.82, 2.24) is 15.6 Å². The van der Waals surface area contributed by atoms with E-state index in [9.17, 15) is 14.0 Å². The summed E-state index contributed by atoms with van der Waals surface area (Å²) in [5, 5.41) is 8.62. The molecule has 2 N–H and O–H groups in total. The van der Waals surface area contributed by atoms with Crippen molar-refractivity contribution < 1.29 is 32.9 Å². The molecule has 7 rings (SSSR count). The number of anilines is 1. The summed E-state index contributed by atoms with van der Waals surface area (Å²) in [7, 11) is 3.05. The Bertz CT molecular complexity index is 1650. The van der Waals surface area contributed by atoms with Crippen LogP contribution in [-0.2, 0) is 11.3 Å². The highest BCUT2D eigenvalue weighted by Gasteiger charge is 2.37. The fourth-order valence-electron chi connectivity index (χ4n) is 5.02. The Balaban J connectivity index is 1.32. The molecule has 1 fully saturated rings. The number of halogens is 1. The molecule has 4 heterocycles. The lowest BCUT2D eigenvalue weighted by molar-refractivity contribution is -0.123. The second-order valence-corrected chi connectivity index (χ2v) is 10.9. The van der Waals surface area contributed by atoms with Crippen molar-refractivity contribution in [1.29, 1.82) is 0 Å². The van der Waals surface area contributed by atoms with E-state index in [4.69, 9.17) is 23.9 Å². The van der Waals surface area contributed by atoms with E-state index < -0.39 is 12.1 Å². The molecule has 2 amide bonds. The van der Waals surface area contributed by atoms with Crippen molar-refractivity contribution in [3.63, 3.8) is 0 Å². The quantitative estimate of drug-likeness (QED) is 0.359. The fraction of sp³-hybridized carbons (Fsp3) is 0.258. The molecule has 1 saturated heterocycles. The van der Waals surface area contributed by atoms with Crippen molar-refractivity contribution >= 4 is 28.3 Å². The monoisotopic (exact) mass is 604 g/mol. The lowest BCUT2D eigenvalue weighted by Gasteiger charge is -2.22. The van der Waals surface area contributed by atoms with Gasteiger partial charge in [-0.1, -0.05) is 0 Å². The lowest BCUT2D eigenvalue weighted by atomic mass is 10.1. The largest absolute Gasteiger partial charge is 0.497 e. The predicted octanol–water partition coefficient (Wildman–Crippen LogP) is 4.04. The highest BCUT2D eigenvalue weighted by Crippen LogP contribution is 2.33. The zero-order valence-electron chi connectivity index (χ0n) is 23.5. The minimum absolute atomic E-state index is 0.231. The van der Waals surface area contributed by atoms with Crippen LogP contribution in [0.15, 0.2) is 66.0 Å². The van der Waals surface area contributed by atoms with Crippen LogP contribution in [0, 0.1) is 5.82 Å². The van der Waals surface area contributed by atoms with Crippen LogP contribution in [0.3, 0.4) is 0 Å². The number of thiazole rings is 1. The second-order valence-electron chi connectivity index (χ2n) is 10.1. The number of methoxy groups -OCH3 is 2. The molecule has 3 aromatic carbocycles. The SMILES string of the molecule is COc1cc2cc(c1)C(=O)N[C@H]1CN(c3nc(-c4ccc(F)cc4)cs3)C[C@@H]1Oc1ccc(c(OC)c1)CNC(=O)CO2. The molecule has 43 heavy (non-hydrogen) atoms. The summed E-state index contributed by atoms with van der Waals surface area (Å²) >= 11 is 1.47. The highest BCUT2D eigenvalue weighted by molar-refractivity contribution is 7.14. The summed E-state index contributed by atoms with van der Waals surface area (Å²) in [6.45, 7) is 0.877. The predicted molar refractivity (Wildman–Crippen MR) is 159 cm³/mol. The summed E-state index contributed by atoms with van der Waals surface area (Å²) in [4.78, 5) is 32.9. The van der Waals surface area contributed by atoms with Crippen LogP contribution in [-0.4, -0.2) is 62.9 Å². The average molecular weight is 605 g/mol. The number of carbonyl (C=O) groups is 2. The molecule has 0 saturated carbocycles. The van der Waals surface area contributed by atoms with Gasteiger partial charge in [0, 0.05) is 47.3 Å². The first-order chi connectivity index (χ1) is 20.9. The molecular weight excluding hydrogens is 575 g/mol. The Morgan fingerprint density at radius 2 is 1.81 bits per heavy atom. The van der Waals surface area contributed by atoms with Gasteiger partial charge in [-0.15, -0.1) is 11.3 Å². The van der Waals surface area contributed by atoms with E-state index in [2.05, 4.69) is 15.5 Å². The van der Waals surface area contributed by atoms with Gasteiger partial charge in [-0.3, -0.25) is 9.59 Å². The summed E-state index contributed by atoms with van der Waals surface area (Å²) in [6.07, 6.45) is -0.436. The third kappa shape index (κ3) is 6.33. The van der Waals surface area contributed by atoms with Gasteiger partial charge < -0.3 is 34.5 Å². The van der Waals surface area contributed by atoms with E-state index in [1.54, 1.807) is 43.5 Å². The number of aromatic nitrogens is 1. The standard InChI is InChI=1S/C31H29FN4O6S/c1-39-23-9-20-10-24(11-23)41-16-29(37)33-13-19-5-8-22(12-27(19)40-2)42-28-15-36(14-25(28)34-30(20)38)31-35-26(17-43-31)18-3-6-21(32)7-4-18/h3-12,17,25,28H,13-16H2,1-2H3,(H,33,37)(H,34,38)/t25-,28-/m0/s1. The van der Waals surface area contributed by atoms with Crippen LogP contribution in [0.5, 0.6) is 23.0 Å². The van der Waals surface area contributed by atoms with Gasteiger partial charge in [0.15, 0.2) is 11.7 Å². The maximum absolute atomic E-state index is 13.5. The van der Waals surface area contributed by atoms with E-state index in [-0.39, 0.29) is 30.8 Å². The molecule has 0 aliphatic carbocycles. The third-order valence-electron chi connectivity index (χ3n) is 7.26. The van der Waals surface area contributed by atoms with Crippen molar-refractivity contribution in [2.75, 3.05) is 38.8 Å². The van der Waals surface area contributed by atoms with E-state index in [1.165, 1.54) is 30.6 Å². The Kier molecular flexibility index (Phi) is 8.01. The minimum Gasteiger partial charge on any atom is -0.497 e. The molecule has 4 aromatic rings. The molecule has 3 aliphatic rings. The number of carbonyl (C=O) groups excluding carboxylic acids is 2. The van der Waals surface area contributed by atoms with Gasteiger partial charge in [0.25, 0.3) is 11.8 Å². The van der Waals surface area contributed by atoms with E-state index in [0.717, 1.165) is 22.0 Å². The third-order valence-corrected chi connectivity index (χ3v) is 8.16. The first-order valence-electron chi connectivity index (χ1n) is 13.6. The minimum atomic E-state index is -0.436. The Morgan fingerprint density at radius 1 is 0.977 bits per heavy atom. The van der Waals surface area contributed by atoms with Gasteiger partial charge in [0.2, 0.25) is 0 Å². The summed E-state index contributed by atoms with van der Waals surface area (Å²) < 4.78 is 36.6. The van der Waals surface area contributed by atoms with Gasteiger partial charge in [-0.25, -0.2) is 9.37 Å². The van der Waals surface area contributed by atoms with E-state index in [1.807, 2.05) is 17.5 Å². The molecule has 12 heteroatoms. The fourth-order valence-corrected chi connectivity index (χ4v) is 5.87. The van der Waals surface area contributed by atoms with Gasteiger partial charge in [0.1, 0.15) is 34.9 Å². The van der Waals surface area contributed by atoms with Gasteiger partial charge >= 0.3 is 0 Å². The van der Waals surface area contributed by atoms with Crippen LogP contribution in [0.25, 0.3) is 11.3 Å². The van der Waals surface area contributed by atoms with Crippen LogP contribution < -0.4 is 34.5 Å². The summed E-state index contributed by atoms with van der Waals surface area (Å²) in [5.41, 5.74) is 2.64. The molecule has 222 valence electrons. The number of hydrogen-bond acceptors (Lipinski definition) is 9. The second kappa shape index (κ2) is 12.2. The normalized spacial score (nSPS) is 18.5. The van der Waals surface area contributed by atoms with Crippen molar-refractivity contribution in [3.05, 3.63) is 83.0 Å². The maximum atomic E-state index is 13.5. The number of benzene rings is 3. The Hall–Kier alpha value is -4.84. The highest BCUT2D eigenvalue weighted by atomic mass is 32.1. The van der Waals surface area contributed by atoms with Crippen molar-refractivity contribution in [2.45, 2.75) is 18.7 Å². The first kappa shape index (κ1) is 28.3. The van der Waals surface area contributed by atoms with Crippen LogP contribution in [0.4, 0.5) is 9.52 Å². The van der Waals surface area contributed by atoms with E-state index >= 15 is 0 Å². The molecule has 10 nitrogen and oxygen atoms in total. The van der Waals surface area contributed by atoms with Crippen molar-refractivity contribution in [2.24, 2.45) is 0 Å². The number of nitrogens with one attached hydrogen (secondary N) is 2. The number of amides is 2. The first-order valence-corrected chi connectivity index (χ1v) is 14.5. The maximum Gasteiger partial charge on any atom is 0.258 e. The number of fused-ring (bicyclic) bond motifs is 7. The molecule has 0 radical (unpaired) electrons. The zero-order chi connectivity index (χ0) is 29.9. The van der Waals surface area contributed by atoms with E-state index in [0.29, 0.717) is 41.7 Å². The molecule has 2 atom stereocenters. The molecule has 0 spiro atoms. The van der Waals surface area contributed by atoms with Crippen LogP contribution in [0.2, 0.25) is 0 Å². The summed E-state index contributed by atoms with van der Waals surface area (Å²) in [6, 6.07) is 16.0. The topological polar surface area (TPSA) is 111 Å². The van der Waals surface area contributed by atoms with Gasteiger partial charge in [0.05, 0.1) is 32.5 Å². The Morgan fingerprint density at radius 3 is 2.60 bits per heavy atom. The van der Waals surface area contributed by atoms with Gasteiger partial charge in [-0.2, -0.15) is 0 Å². The molecule has 1 aromatic heterocycles. The number of hydrogen-bond donors (Lipinski definition) is 2. The number of nitrogens with zero attached hydrogens (tertiary/aromatic N) is 2. The van der Waals surface area contributed by atoms with Crippen LogP contribution >= 0.6 is 11.3 Å². The van der Waals surface area contributed by atoms with Crippen LogP contribution in [0.1, 0.15) is 15.9 Å². The number of ether oxygens (including phenoxy) is 4. The smallest absolute Gasteiger partial charge is 0.258 e. The number of rotatable bonds is 4. The zero-order valence-corrected chi connectivity index (χ0v) is 24.3. The Labute approximate surface area is 251 Å². The average Bonchev–Trinajstić information content (AvgIpc) is 3.66. The molecule has 0 unspecified atom stereocenters. The van der Waals surface area contributed by atoms with Crippen molar-refractivity contribution in [3.8, 4) is 34.3 Å².